The smallest absolute Gasteiger partial charge is 0.205 e. The van der Waals surface area contributed by atoms with Gasteiger partial charge in [-0.05, 0) is 31.7 Å². The van der Waals surface area contributed by atoms with Gasteiger partial charge in [-0.2, -0.15) is 9.47 Å². The van der Waals surface area contributed by atoms with Crippen molar-refractivity contribution in [2.24, 2.45) is 0 Å². The van der Waals surface area contributed by atoms with Crippen molar-refractivity contribution in [3.8, 4) is 0 Å². The zero-order valence-electron chi connectivity index (χ0n) is 12.3. The molecular weight excluding hydrogens is 284 g/mol. The molecule has 0 bridgehead atoms. The Morgan fingerprint density at radius 2 is 2.05 bits per heavy atom. The third kappa shape index (κ3) is 2.55. The van der Waals surface area contributed by atoms with E-state index in [4.69, 9.17) is 0 Å². The van der Waals surface area contributed by atoms with E-state index in [1.165, 1.54) is 47.7 Å². The number of aromatic nitrogens is 4. The summed E-state index contributed by atoms with van der Waals surface area (Å²) in [7, 11) is 0. The van der Waals surface area contributed by atoms with Crippen molar-refractivity contribution in [3.63, 3.8) is 0 Å². The van der Waals surface area contributed by atoms with Crippen molar-refractivity contribution in [1.29, 1.82) is 0 Å². The molecule has 0 amide bonds. The van der Waals surface area contributed by atoms with Gasteiger partial charge >= 0.3 is 0 Å². The highest BCUT2D eigenvalue weighted by Gasteiger charge is 2.23. The fraction of sp³-hybridized carbons (Fsp3) is 0.643. The quantitative estimate of drug-likeness (QED) is 0.928. The van der Waals surface area contributed by atoms with Crippen LogP contribution in [0.3, 0.4) is 0 Å². The van der Waals surface area contributed by atoms with E-state index in [1.807, 2.05) is 6.92 Å². The van der Waals surface area contributed by atoms with E-state index in [0.717, 1.165) is 43.7 Å². The van der Waals surface area contributed by atoms with E-state index in [9.17, 15) is 0 Å². The lowest BCUT2D eigenvalue weighted by Crippen LogP contribution is -2.46. The number of hydrogen-bond acceptors (Lipinski definition) is 6. The lowest BCUT2D eigenvalue weighted by atomic mass is 10.2. The molecule has 2 aliphatic rings. The van der Waals surface area contributed by atoms with E-state index in [0.29, 0.717) is 0 Å². The molecule has 1 saturated heterocycles. The summed E-state index contributed by atoms with van der Waals surface area (Å²) >= 11 is 1.51. The molecule has 6 nitrogen and oxygen atoms in total. The standard InChI is InChI=1S/C14H20N6S/c1-10-15-14(21-18-10)20-7-5-19(6-8-20)9-13-11-3-2-4-12(11)16-17-13/h2-9H2,1H3,(H,16,17). The van der Waals surface area contributed by atoms with Gasteiger partial charge in [-0.1, -0.05) is 0 Å². The van der Waals surface area contributed by atoms with Gasteiger partial charge in [0.1, 0.15) is 5.82 Å². The summed E-state index contributed by atoms with van der Waals surface area (Å²) in [5, 5.41) is 8.78. The lowest BCUT2D eigenvalue weighted by molar-refractivity contribution is 0.246. The SMILES string of the molecule is Cc1nsc(N2CCN(Cc3n[nH]c4c3CCC4)CC2)n1. The molecule has 0 radical (unpaired) electrons. The van der Waals surface area contributed by atoms with Gasteiger partial charge in [0.2, 0.25) is 5.13 Å². The van der Waals surface area contributed by atoms with Crippen molar-refractivity contribution < 1.29 is 0 Å². The maximum absolute atomic E-state index is 4.51. The van der Waals surface area contributed by atoms with Gasteiger partial charge in [-0.3, -0.25) is 10.00 Å². The van der Waals surface area contributed by atoms with Gasteiger partial charge in [0, 0.05) is 50.0 Å². The first-order chi connectivity index (χ1) is 10.3. The average Bonchev–Trinajstić information content (AvgIpc) is 3.18. The van der Waals surface area contributed by atoms with Crippen LogP contribution in [0, 0.1) is 6.92 Å². The van der Waals surface area contributed by atoms with Crippen LogP contribution in [0.2, 0.25) is 0 Å². The molecule has 0 aromatic carbocycles. The van der Waals surface area contributed by atoms with Gasteiger partial charge < -0.3 is 4.90 Å². The second-order valence-electron chi connectivity index (χ2n) is 5.87. The van der Waals surface area contributed by atoms with Crippen LogP contribution < -0.4 is 4.90 Å². The maximum atomic E-state index is 4.51. The Labute approximate surface area is 128 Å². The minimum atomic E-state index is 0.879. The summed E-state index contributed by atoms with van der Waals surface area (Å²) in [4.78, 5) is 9.32. The molecule has 112 valence electrons. The number of fused-ring (bicyclic) bond motifs is 1. The zero-order chi connectivity index (χ0) is 14.2. The van der Waals surface area contributed by atoms with Crippen LogP contribution >= 0.6 is 11.5 Å². The molecule has 2 aromatic heterocycles. The number of aromatic amines is 1. The summed E-state index contributed by atoms with van der Waals surface area (Å²) in [5.41, 5.74) is 4.12. The summed E-state index contributed by atoms with van der Waals surface area (Å²) in [6, 6.07) is 0. The molecule has 21 heavy (non-hydrogen) atoms. The van der Waals surface area contributed by atoms with Gasteiger partial charge in [0.25, 0.3) is 0 Å². The molecule has 1 aliphatic heterocycles. The van der Waals surface area contributed by atoms with Crippen LogP contribution in [-0.2, 0) is 19.4 Å². The number of piperazine rings is 1. The maximum Gasteiger partial charge on any atom is 0.205 e. The molecule has 2 aromatic rings. The third-order valence-electron chi connectivity index (χ3n) is 4.43. The van der Waals surface area contributed by atoms with Crippen LogP contribution in [0.15, 0.2) is 0 Å². The van der Waals surface area contributed by atoms with E-state index in [-0.39, 0.29) is 0 Å². The van der Waals surface area contributed by atoms with Crippen LogP contribution in [0.4, 0.5) is 5.13 Å². The molecule has 1 fully saturated rings. The van der Waals surface area contributed by atoms with Gasteiger partial charge in [0.15, 0.2) is 0 Å². The fourth-order valence-corrected chi connectivity index (χ4v) is 3.97. The minimum Gasteiger partial charge on any atom is -0.344 e. The lowest BCUT2D eigenvalue weighted by Gasteiger charge is -2.34. The number of nitrogens with one attached hydrogen (secondary N) is 1. The van der Waals surface area contributed by atoms with Gasteiger partial charge in [0.05, 0.1) is 5.69 Å². The third-order valence-corrected chi connectivity index (χ3v) is 5.29. The van der Waals surface area contributed by atoms with Gasteiger partial charge in [-0.25, -0.2) is 4.98 Å². The summed E-state index contributed by atoms with van der Waals surface area (Å²) in [5.74, 6) is 0.879. The number of rotatable bonds is 3. The highest BCUT2D eigenvalue weighted by molar-refractivity contribution is 7.09. The van der Waals surface area contributed by atoms with Crippen molar-refractivity contribution in [1.82, 2.24) is 24.5 Å². The fourth-order valence-electron chi connectivity index (χ4n) is 3.24. The predicted molar refractivity (Wildman–Crippen MR) is 82.7 cm³/mol. The van der Waals surface area contributed by atoms with Crippen molar-refractivity contribution in [3.05, 3.63) is 22.8 Å². The highest BCUT2D eigenvalue weighted by Crippen LogP contribution is 2.24. The molecule has 0 unspecified atom stereocenters. The zero-order valence-corrected chi connectivity index (χ0v) is 13.1. The van der Waals surface area contributed by atoms with Crippen molar-refractivity contribution >= 4 is 16.7 Å². The second-order valence-corrected chi connectivity index (χ2v) is 6.60. The van der Waals surface area contributed by atoms with Crippen LogP contribution in [-0.4, -0.2) is 50.6 Å². The largest absolute Gasteiger partial charge is 0.344 e. The molecule has 0 spiro atoms. The molecule has 3 heterocycles. The molecule has 4 rings (SSSR count). The van der Waals surface area contributed by atoms with Crippen LogP contribution in [0.1, 0.15) is 29.2 Å². The molecule has 0 saturated carbocycles. The van der Waals surface area contributed by atoms with Crippen molar-refractivity contribution in [2.45, 2.75) is 32.7 Å². The van der Waals surface area contributed by atoms with E-state index in [2.05, 4.69) is 29.4 Å². The normalized spacial score (nSPS) is 19.2. The monoisotopic (exact) mass is 304 g/mol. The Kier molecular flexibility index (Phi) is 3.39. The molecule has 7 heteroatoms. The first-order valence-corrected chi connectivity index (χ1v) is 8.39. The second kappa shape index (κ2) is 5.38. The summed E-state index contributed by atoms with van der Waals surface area (Å²) in [6.07, 6.45) is 3.65. The number of aryl methyl sites for hydroxylation is 2. The minimum absolute atomic E-state index is 0.879. The van der Waals surface area contributed by atoms with E-state index >= 15 is 0 Å². The average molecular weight is 304 g/mol. The molecule has 0 atom stereocenters. The predicted octanol–water partition coefficient (Wildman–Crippen LogP) is 1.38. The van der Waals surface area contributed by atoms with Gasteiger partial charge in [-0.15, -0.1) is 0 Å². The number of H-pyrrole nitrogens is 1. The Morgan fingerprint density at radius 3 is 2.81 bits per heavy atom. The Hall–Kier alpha value is -1.47. The molecule has 1 N–H and O–H groups in total. The van der Waals surface area contributed by atoms with E-state index < -0.39 is 0 Å². The highest BCUT2D eigenvalue weighted by atomic mass is 32.1. The number of anilines is 1. The Balaban J connectivity index is 1.37. The van der Waals surface area contributed by atoms with Crippen LogP contribution in [0.25, 0.3) is 0 Å². The molecular formula is C14H20N6S. The number of nitrogens with zero attached hydrogens (tertiary/aromatic N) is 5. The number of hydrogen-bond donors (Lipinski definition) is 1. The van der Waals surface area contributed by atoms with Crippen LogP contribution in [0.5, 0.6) is 0 Å². The molecule has 1 aliphatic carbocycles. The Bertz CT molecular complexity index is 625. The first-order valence-electron chi connectivity index (χ1n) is 7.62. The van der Waals surface area contributed by atoms with E-state index in [1.54, 1.807) is 0 Å². The van der Waals surface area contributed by atoms with Crippen molar-refractivity contribution in [2.75, 3.05) is 31.1 Å². The topological polar surface area (TPSA) is 60.9 Å². The first kappa shape index (κ1) is 13.2. The Morgan fingerprint density at radius 1 is 1.19 bits per heavy atom. The summed E-state index contributed by atoms with van der Waals surface area (Å²) < 4.78 is 4.27. The summed E-state index contributed by atoms with van der Waals surface area (Å²) in [6.45, 7) is 7.13.